The summed E-state index contributed by atoms with van der Waals surface area (Å²) in [7, 11) is 0. The van der Waals surface area contributed by atoms with Crippen molar-refractivity contribution in [1.82, 2.24) is 4.90 Å². The highest BCUT2D eigenvalue weighted by Gasteiger charge is 2.24. The van der Waals surface area contributed by atoms with Crippen molar-refractivity contribution < 1.29 is 8.78 Å². The highest BCUT2D eigenvalue weighted by Crippen LogP contribution is 2.36. The third kappa shape index (κ3) is 6.35. The average Bonchev–Trinajstić information content (AvgIpc) is 3.35. The Bertz CT molecular complexity index is 1350. The molecule has 0 unspecified atom stereocenters. The lowest BCUT2D eigenvalue weighted by Gasteiger charge is -2.35. The van der Waals surface area contributed by atoms with Crippen LogP contribution in [0.1, 0.15) is 30.9 Å². The number of thioether (sulfide) groups is 1. The first-order valence-corrected chi connectivity index (χ1v) is 13.4. The number of piperidine rings is 1. The second-order valence-electron chi connectivity index (χ2n) is 9.47. The highest BCUT2D eigenvalue weighted by molar-refractivity contribution is 8.03. The molecule has 2 heterocycles. The van der Waals surface area contributed by atoms with Gasteiger partial charge in [-0.3, -0.25) is 4.99 Å². The van der Waals surface area contributed by atoms with Crippen molar-refractivity contribution in [2.45, 2.75) is 26.2 Å². The van der Waals surface area contributed by atoms with Gasteiger partial charge in [-0.15, -0.1) is 11.8 Å². The van der Waals surface area contributed by atoms with E-state index in [0.717, 1.165) is 60.5 Å². The molecule has 0 spiro atoms. The van der Waals surface area contributed by atoms with Crippen molar-refractivity contribution in [1.29, 1.82) is 5.26 Å². The molecule has 2 aliphatic rings. The van der Waals surface area contributed by atoms with E-state index in [-0.39, 0.29) is 0 Å². The topological polar surface area (TPSA) is 54.7 Å². The first-order valence-electron chi connectivity index (χ1n) is 12.4. The van der Waals surface area contributed by atoms with Crippen LogP contribution in [-0.4, -0.2) is 30.6 Å². The second kappa shape index (κ2) is 12.1. The van der Waals surface area contributed by atoms with Crippen LogP contribution >= 0.6 is 11.8 Å². The van der Waals surface area contributed by atoms with Crippen LogP contribution < -0.4 is 10.2 Å². The summed E-state index contributed by atoms with van der Waals surface area (Å²) in [5.41, 5.74) is 4.89. The molecule has 2 aromatic carbocycles. The fourth-order valence-electron chi connectivity index (χ4n) is 4.78. The minimum absolute atomic E-state index is 0.308. The van der Waals surface area contributed by atoms with E-state index in [0.29, 0.717) is 29.2 Å². The van der Waals surface area contributed by atoms with E-state index in [4.69, 9.17) is 0 Å². The number of nitriles is 1. The van der Waals surface area contributed by atoms with Crippen LogP contribution in [0.4, 0.5) is 20.2 Å². The summed E-state index contributed by atoms with van der Waals surface area (Å²) in [6, 6.07) is 11.6. The first kappa shape index (κ1) is 27.2. The SMILES string of the molecule is C=N/C=C(/C(=C)Nc1cc(C#N)ccc1N1CCC(Cc2ccc(F)cc2F)CC1)C(=C)N1C=C(C)SC1. The molecule has 196 valence electrons. The molecule has 1 fully saturated rings. The highest BCUT2D eigenvalue weighted by atomic mass is 32.2. The predicted octanol–water partition coefficient (Wildman–Crippen LogP) is 7.19. The van der Waals surface area contributed by atoms with Crippen molar-refractivity contribution in [2.75, 3.05) is 29.2 Å². The van der Waals surface area contributed by atoms with Crippen LogP contribution in [0.3, 0.4) is 0 Å². The molecule has 0 aliphatic carbocycles. The molecule has 0 radical (unpaired) electrons. The van der Waals surface area contributed by atoms with Gasteiger partial charge >= 0.3 is 0 Å². The van der Waals surface area contributed by atoms with E-state index in [1.165, 1.54) is 11.0 Å². The summed E-state index contributed by atoms with van der Waals surface area (Å²) in [4.78, 5) is 9.48. The maximum atomic E-state index is 14.2. The van der Waals surface area contributed by atoms with Gasteiger partial charge in [-0.25, -0.2) is 8.78 Å². The maximum Gasteiger partial charge on any atom is 0.129 e. The standard InChI is InChI=1S/C30H31F2N5S/c1-20-18-37(19-38-20)22(3)27(17-34-4)21(2)35-29-14-24(16-33)5-8-30(29)36-11-9-23(10-12-36)13-25-6-7-26(31)15-28(25)32/h5-8,14-15,17-18,23,35H,2-4,9-13,19H2,1H3/b27-17-. The summed E-state index contributed by atoms with van der Waals surface area (Å²) < 4.78 is 27.4. The summed E-state index contributed by atoms with van der Waals surface area (Å²) in [5, 5.41) is 12.9. The van der Waals surface area contributed by atoms with Gasteiger partial charge in [0.25, 0.3) is 0 Å². The minimum Gasteiger partial charge on any atom is -0.370 e. The summed E-state index contributed by atoms with van der Waals surface area (Å²) in [5.74, 6) is 0.0302. The van der Waals surface area contributed by atoms with Gasteiger partial charge in [-0.05, 0) is 73.6 Å². The molecule has 5 nitrogen and oxygen atoms in total. The Hall–Kier alpha value is -3.83. The number of aliphatic imine (C=N–C) groups is 1. The zero-order chi connectivity index (χ0) is 27.2. The smallest absolute Gasteiger partial charge is 0.129 e. The maximum absolute atomic E-state index is 14.2. The molecule has 1 N–H and O–H groups in total. The Balaban J connectivity index is 1.49. The van der Waals surface area contributed by atoms with Gasteiger partial charge in [-0.1, -0.05) is 19.2 Å². The quantitative estimate of drug-likeness (QED) is 0.274. The lowest BCUT2D eigenvalue weighted by atomic mass is 9.89. The molecule has 0 bridgehead atoms. The third-order valence-electron chi connectivity index (χ3n) is 6.86. The van der Waals surface area contributed by atoms with Crippen LogP contribution in [0, 0.1) is 28.9 Å². The second-order valence-corrected chi connectivity index (χ2v) is 10.7. The van der Waals surface area contributed by atoms with Gasteiger partial charge in [-0.2, -0.15) is 5.26 Å². The minimum atomic E-state index is -0.556. The van der Waals surface area contributed by atoms with Crippen molar-refractivity contribution in [3.05, 3.63) is 107 Å². The average molecular weight is 532 g/mol. The zero-order valence-corrected chi connectivity index (χ0v) is 22.3. The van der Waals surface area contributed by atoms with E-state index in [2.05, 4.69) is 48.1 Å². The van der Waals surface area contributed by atoms with Crippen LogP contribution in [0.25, 0.3) is 0 Å². The molecule has 0 saturated carbocycles. The monoisotopic (exact) mass is 531 g/mol. The number of rotatable bonds is 9. The molecule has 2 aliphatic heterocycles. The van der Waals surface area contributed by atoms with Gasteiger partial charge in [0.15, 0.2) is 0 Å². The Kier molecular flexibility index (Phi) is 8.70. The van der Waals surface area contributed by atoms with Gasteiger partial charge in [0.1, 0.15) is 11.6 Å². The molecule has 0 aromatic heterocycles. The van der Waals surface area contributed by atoms with Crippen molar-refractivity contribution in [2.24, 2.45) is 10.9 Å². The summed E-state index contributed by atoms with van der Waals surface area (Å²) >= 11 is 1.74. The number of hydrogen-bond acceptors (Lipinski definition) is 6. The first-order chi connectivity index (χ1) is 18.3. The van der Waals surface area contributed by atoms with E-state index < -0.39 is 11.6 Å². The lowest BCUT2D eigenvalue weighted by Crippen LogP contribution is -2.35. The largest absolute Gasteiger partial charge is 0.370 e. The number of hydrogen-bond donors (Lipinski definition) is 1. The Morgan fingerprint density at radius 1 is 1.21 bits per heavy atom. The fourth-order valence-corrected chi connectivity index (χ4v) is 5.56. The number of nitrogens with zero attached hydrogens (tertiary/aromatic N) is 4. The molecule has 38 heavy (non-hydrogen) atoms. The number of benzene rings is 2. The summed E-state index contributed by atoms with van der Waals surface area (Å²) in [6.45, 7) is 15.7. The van der Waals surface area contributed by atoms with Crippen LogP contribution in [0.15, 0.2) is 88.8 Å². The van der Waals surface area contributed by atoms with E-state index >= 15 is 0 Å². The van der Waals surface area contributed by atoms with E-state index in [9.17, 15) is 14.0 Å². The third-order valence-corrected chi connectivity index (χ3v) is 7.83. The van der Waals surface area contributed by atoms with Crippen molar-refractivity contribution in [3.8, 4) is 6.07 Å². The summed E-state index contributed by atoms with van der Waals surface area (Å²) in [6.07, 6.45) is 6.01. The number of nitrogens with one attached hydrogen (secondary N) is 1. The number of allylic oxidation sites excluding steroid dienone is 1. The van der Waals surface area contributed by atoms with Crippen LogP contribution in [0.5, 0.6) is 0 Å². The van der Waals surface area contributed by atoms with Crippen LogP contribution in [-0.2, 0) is 6.42 Å². The molecule has 8 heteroatoms. The molecular weight excluding hydrogens is 500 g/mol. The van der Waals surface area contributed by atoms with Gasteiger partial charge in [0.05, 0.1) is 28.9 Å². The molecule has 2 aromatic rings. The fraction of sp³-hybridized carbons (Fsp3) is 0.267. The Labute approximate surface area is 227 Å². The van der Waals surface area contributed by atoms with Gasteiger partial charge in [0, 0.05) is 48.5 Å². The molecular formula is C30H31F2N5S. The predicted molar refractivity (Wildman–Crippen MR) is 154 cm³/mol. The molecule has 4 rings (SSSR count). The van der Waals surface area contributed by atoms with Crippen molar-refractivity contribution in [3.63, 3.8) is 0 Å². The normalized spacial score (nSPS) is 16.2. The zero-order valence-electron chi connectivity index (χ0n) is 21.5. The lowest BCUT2D eigenvalue weighted by molar-refractivity contribution is 0.397. The van der Waals surface area contributed by atoms with Gasteiger partial charge in [0.2, 0.25) is 0 Å². The Morgan fingerprint density at radius 2 is 1.97 bits per heavy atom. The number of anilines is 2. The van der Waals surface area contributed by atoms with Crippen LogP contribution in [0.2, 0.25) is 0 Å². The molecule has 1 saturated heterocycles. The van der Waals surface area contributed by atoms with E-state index in [1.54, 1.807) is 30.1 Å². The molecule has 0 atom stereocenters. The van der Waals surface area contributed by atoms with Crippen molar-refractivity contribution >= 4 is 29.9 Å². The Morgan fingerprint density at radius 3 is 2.61 bits per heavy atom. The van der Waals surface area contributed by atoms with Gasteiger partial charge < -0.3 is 15.1 Å². The molecule has 0 amide bonds. The van der Waals surface area contributed by atoms with E-state index in [1.807, 2.05) is 23.2 Å². The number of halogens is 2.